The van der Waals surface area contributed by atoms with Crippen LogP contribution in [0.2, 0.25) is 0 Å². The fourth-order valence-corrected chi connectivity index (χ4v) is 4.06. The number of esters is 1. The number of ether oxygens (including phenoxy) is 1. The third-order valence-electron chi connectivity index (χ3n) is 5.71. The molecule has 0 radical (unpaired) electrons. The maximum Gasteiger partial charge on any atom is 0.330 e. The Morgan fingerprint density at radius 1 is 1.31 bits per heavy atom. The summed E-state index contributed by atoms with van der Waals surface area (Å²) in [5.74, 6) is 3.32. The molecule has 140 valence electrons. The van der Waals surface area contributed by atoms with Crippen molar-refractivity contribution in [3.05, 3.63) is 48.0 Å². The number of allylic oxidation sites excluding steroid dienone is 1. The van der Waals surface area contributed by atoms with Crippen molar-refractivity contribution < 1.29 is 9.53 Å². The molecular weight excluding hydrogens is 320 g/mol. The van der Waals surface area contributed by atoms with Crippen LogP contribution in [0, 0.1) is 24.2 Å². The van der Waals surface area contributed by atoms with Crippen LogP contribution >= 0.6 is 0 Å². The van der Waals surface area contributed by atoms with Crippen molar-refractivity contribution in [3.8, 4) is 12.3 Å². The van der Waals surface area contributed by atoms with Crippen LogP contribution in [-0.4, -0.2) is 12.1 Å². The largest absolute Gasteiger partial charge is 0.459 e. The zero-order valence-electron chi connectivity index (χ0n) is 16.4. The summed E-state index contributed by atoms with van der Waals surface area (Å²) in [5, 5.41) is 0. The van der Waals surface area contributed by atoms with Crippen LogP contribution in [0.3, 0.4) is 0 Å². The van der Waals surface area contributed by atoms with Gasteiger partial charge in [-0.15, -0.1) is 12.3 Å². The van der Waals surface area contributed by atoms with E-state index in [1.807, 2.05) is 12.1 Å². The van der Waals surface area contributed by atoms with Crippen molar-refractivity contribution in [1.82, 2.24) is 0 Å². The van der Waals surface area contributed by atoms with Gasteiger partial charge in [-0.1, -0.05) is 63.6 Å². The van der Waals surface area contributed by atoms with E-state index in [2.05, 4.69) is 51.0 Å². The first-order chi connectivity index (χ1) is 12.4. The molecule has 0 spiro atoms. The molecule has 0 bridgehead atoms. The molecular formula is C24H32O2. The molecule has 0 aliphatic heterocycles. The molecule has 26 heavy (non-hydrogen) atoms. The number of hydrogen-bond donors (Lipinski definition) is 0. The van der Waals surface area contributed by atoms with Gasteiger partial charge in [-0.05, 0) is 42.6 Å². The van der Waals surface area contributed by atoms with E-state index in [0.29, 0.717) is 11.8 Å². The molecule has 1 aromatic carbocycles. The van der Waals surface area contributed by atoms with Gasteiger partial charge < -0.3 is 4.74 Å². The van der Waals surface area contributed by atoms with Gasteiger partial charge in [-0.2, -0.15) is 0 Å². The predicted molar refractivity (Wildman–Crippen MR) is 108 cm³/mol. The van der Waals surface area contributed by atoms with Gasteiger partial charge >= 0.3 is 5.97 Å². The Balaban J connectivity index is 2.06. The fourth-order valence-electron chi connectivity index (χ4n) is 4.06. The lowest BCUT2D eigenvalue weighted by Gasteiger charge is -2.43. The topological polar surface area (TPSA) is 26.3 Å². The maximum absolute atomic E-state index is 12.3. The summed E-state index contributed by atoms with van der Waals surface area (Å²) in [7, 11) is 0. The van der Waals surface area contributed by atoms with Gasteiger partial charge in [0.25, 0.3) is 0 Å². The van der Waals surface area contributed by atoms with Crippen LogP contribution in [0.1, 0.15) is 64.9 Å². The van der Waals surface area contributed by atoms with Crippen LogP contribution in [0.4, 0.5) is 0 Å². The van der Waals surface area contributed by atoms with Gasteiger partial charge in [0.15, 0.2) is 0 Å². The Hall–Kier alpha value is -2.01. The van der Waals surface area contributed by atoms with Gasteiger partial charge in [-0.3, -0.25) is 0 Å². The van der Waals surface area contributed by atoms with Crippen LogP contribution in [-0.2, 0) is 14.9 Å². The number of terminal acetylenes is 1. The molecule has 0 heterocycles. The third-order valence-corrected chi connectivity index (χ3v) is 5.71. The summed E-state index contributed by atoms with van der Waals surface area (Å²) in [4.78, 5) is 12.3. The molecule has 2 heteroatoms. The monoisotopic (exact) mass is 352 g/mol. The van der Waals surface area contributed by atoms with Crippen molar-refractivity contribution in [2.45, 2.75) is 70.8 Å². The highest BCUT2D eigenvalue weighted by molar-refractivity contribution is 5.82. The quantitative estimate of drug-likeness (QED) is 0.273. The van der Waals surface area contributed by atoms with Gasteiger partial charge in [0, 0.05) is 18.4 Å². The summed E-state index contributed by atoms with van der Waals surface area (Å²) in [6.45, 7) is 6.81. The fraction of sp³-hybridized carbons (Fsp3) is 0.542. The second-order valence-corrected chi connectivity index (χ2v) is 8.09. The number of rotatable bonds is 7. The molecule has 1 aromatic rings. The lowest BCUT2D eigenvalue weighted by molar-refractivity contribution is -0.150. The van der Waals surface area contributed by atoms with Crippen LogP contribution in [0.5, 0.6) is 0 Å². The van der Waals surface area contributed by atoms with E-state index in [9.17, 15) is 4.79 Å². The minimum Gasteiger partial charge on any atom is -0.459 e. The SMILES string of the molecule is C#CCCC/C=C/C(=O)O[C@@H]1C[C@H](C)CC[C@H]1C(C)(C)c1ccccc1. The van der Waals surface area contributed by atoms with E-state index < -0.39 is 0 Å². The molecule has 1 saturated carbocycles. The molecule has 0 amide bonds. The Morgan fingerprint density at radius 2 is 2.04 bits per heavy atom. The first kappa shape index (κ1) is 20.3. The molecule has 1 aliphatic rings. The summed E-state index contributed by atoms with van der Waals surface area (Å²) in [5.41, 5.74) is 1.29. The molecule has 0 aromatic heterocycles. The average molecular weight is 353 g/mol. The van der Waals surface area contributed by atoms with E-state index in [0.717, 1.165) is 32.1 Å². The van der Waals surface area contributed by atoms with Crippen LogP contribution in [0.25, 0.3) is 0 Å². The first-order valence-electron chi connectivity index (χ1n) is 9.81. The molecule has 0 saturated heterocycles. The maximum atomic E-state index is 12.3. The van der Waals surface area contributed by atoms with Gasteiger partial charge in [0.1, 0.15) is 6.10 Å². The first-order valence-corrected chi connectivity index (χ1v) is 9.81. The van der Waals surface area contributed by atoms with Crippen LogP contribution < -0.4 is 0 Å². The van der Waals surface area contributed by atoms with Crippen molar-refractivity contribution in [2.75, 3.05) is 0 Å². The molecule has 0 N–H and O–H groups in total. The zero-order chi connectivity index (χ0) is 19.0. The Bertz CT molecular complexity index is 636. The van der Waals surface area contributed by atoms with Gasteiger partial charge in [0.05, 0.1) is 0 Å². The summed E-state index contributed by atoms with van der Waals surface area (Å²) in [6, 6.07) is 10.6. The lowest BCUT2D eigenvalue weighted by atomic mass is 9.64. The van der Waals surface area contributed by atoms with E-state index in [1.165, 1.54) is 12.0 Å². The predicted octanol–water partition coefficient (Wildman–Crippen LogP) is 5.67. The van der Waals surface area contributed by atoms with E-state index in [4.69, 9.17) is 11.2 Å². The zero-order valence-corrected chi connectivity index (χ0v) is 16.4. The summed E-state index contributed by atoms with van der Waals surface area (Å²) >= 11 is 0. The molecule has 1 fully saturated rings. The van der Waals surface area contributed by atoms with E-state index >= 15 is 0 Å². The standard InChI is InChI=1S/C24H32O2/c1-5-6-7-8-12-15-23(25)26-22-18-19(2)16-17-21(22)24(3,4)20-13-10-9-11-14-20/h1,9-15,19,21-22H,6-8,16-18H2,2-4H3/b15-12+/t19-,21-,22-/m1/s1. The third kappa shape index (κ3) is 5.49. The van der Waals surface area contributed by atoms with E-state index in [1.54, 1.807) is 6.08 Å². The number of unbranched alkanes of at least 4 members (excludes halogenated alkanes) is 2. The molecule has 3 atom stereocenters. The average Bonchev–Trinajstić information content (AvgIpc) is 2.62. The highest BCUT2D eigenvalue weighted by atomic mass is 16.5. The van der Waals surface area contributed by atoms with Gasteiger partial charge in [0.2, 0.25) is 0 Å². The second kappa shape index (κ2) is 9.62. The lowest BCUT2D eigenvalue weighted by Crippen LogP contribution is -2.43. The number of carbonyl (C=O) groups excluding carboxylic acids is 1. The molecule has 0 unspecified atom stereocenters. The number of benzene rings is 1. The molecule has 1 aliphatic carbocycles. The smallest absolute Gasteiger partial charge is 0.330 e. The highest BCUT2D eigenvalue weighted by Gasteiger charge is 2.41. The summed E-state index contributed by atoms with van der Waals surface area (Å²) in [6.07, 6.45) is 14.4. The second-order valence-electron chi connectivity index (χ2n) is 8.09. The normalized spacial score (nSPS) is 23.5. The van der Waals surface area contributed by atoms with Crippen molar-refractivity contribution in [3.63, 3.8) is 0 Å². The van der Waals surface area contributed by atoms with Crippen molar-refractivity contribution >= 4 is 5.97 Å². The Labute approximate surface area is 159 Å². The number of hydrogen-bond acceptors (Lipinski definition) is 2. The van der Waals surface area contributed by atoms with Gasteiger partial charge in [-0.25, -0.2) is 4.79 Å². The highest BCUT2D eigenvalue weighted by Crippen LogP contribution is 2.43. The minimum atomic E-state index is -0.223. The van der Waals surface area contributed by atoms with E-state index in [-0.39, 0.29) is 17.5 Å². The van der Waals surface area contributed by atoms with Crippen LogP contribution in [0.15, 0.2) is 42.5 Å². The minimum absolute atomic E-state index is 0.0249. The summed E-state index contributed by atoms with van der Waals surface area (Å²) < 4.78 is 5.92. The molecule has 2 nitrogen and oxygen atoms in total. The van der Waals surface area contributed by atoms with Crippen molar-refractivity contribution in [1.29, 1.82) is 0 Å². The van der Waals surface area contributed by atoms with Crippen molar-refractivity contribution in [2.24, 2.45) is 11.8 Å². The Kier molecular flexibility index (Phi) is 7.51. The molecule has 2 rings (SSSR count). The Morgan fingerprint density at radius 3 is 2.73 bits per heavy atom. The number of carbonyl (C=O) groups is 1.